The molecule has 0 aliphatic carbocycles. The van der Waals surface area contributed by atoms with Crippen molar-refractivity contribution in [1.29, 1.82) is 0 Å². The van der Waals surface area contributed by atoms with E-state index in [4.69, 9.17) is 9.47 Å². The zero-order valence-electron chi connectivity index (χ0n) is 11.1. The molecule has 1 N–H and O–H groups in total. The minimum atomic E-state index is -0.213. The van der Waals surface area contributed by atoms with Crippen molar-refractivity contribution in [3.8, 4) is 0 Å². The monoisotopic (exact) mass is 244 g/mol. The highest BCUT2D eigenvalue weighted by Crippen LogP contribution is 2.09. The molecule has 100 valence electrons. The highest BCUT2D eigenvalue weighted by molar-refractivity contribution is 5.81. The Labute approximate surface area is 103 Å². The van der Waals surface area contributed by atoms with Gasteiger partial charge in [-0.25, -0.2) is 0 Å². The molecule has 0 radical (unpaired) electrons. The van der Waals surface area contributed by atoms with Crippen molar-refractivity contribution in [1.82, 2.24) is 10.2 Å². The lowest BCUT2D eigenvalue weighted by atomic mass is 10.2. The van der Waals surface area contributed by atoms with Crippen LogP contribution in [0, 0.1) is 0 Å². The number of amides is 1. The summed E-state index contributed by atoms with van der Waals surface area (Å²) in [6.07, 6.45) is 1.91. The molecule has 1 heterocycles. The predicted molar refractivity (Wildman–Crippen MR) is 65.7 cm³/mol. The fourth-order valence-corrected chi connectivity index (χ4v) is 1.83. The molecule has 0 bridgehead atoms. The summed E-state index contributed by atoms with van der Waals surface area (Å²) in [5, 5.41) is 2.95. The van der Waals surface area contributed by atoms with Crippen molar-refractivity contribution >= 4 is 5.91 Å². The van der Waals surface area contributed by atoms with Gasteiger partial charge in [0.15, 0.2) is 6.29 Å². The zero-order valence-corrected chi connectivity index (χ0v) is 11.1. The van der Waals surface area contributed by atoms with E-state index >= 15 is 0 Å². The number of nitrogens with zero attached hydrogens (tertiary/aromatic N) is 1. The van der Waals surface area contributed by atoms with Crippen LogP contribution in [0.4, 0.5) is 0 Å². The van der Waals surface area contributed by atoms with Crippen LogP contribution in [0.3, 0.4) is 0 Å². The summed E-state index contributed by atoms with van der Waals surface area (Å²) in [5.41, 5.74) is 0. The van der Waals surface area contributed by atoms with Crippen molar-refractivity contribution in [3.05, 3.63) is 0 Å². The first kappa shape index (κ1) is 14.4. The van der Waals surface area contributed by atoms with E-state index in [1.807, 2.05) is 6.92 Å². The Balaban J connectivity index is 2.34. The fourth-order valence-electron chi connectivity index (χ4n) is 1.83. The van der Waals surface area contributed by atoms with Gasteiger partial charge in [-0.15, -0.1) is 0 Å². The van der Waals surface area contributed by atoms with Gasteiger partial charge in [0, 0.05) is 20.2 Å². The Kier molecular flexibility index (Phi) is 6.47. The molecule has 1 saturated heterocycles. The molecule has 5 heteroatoms. The van der Waals surface area contributed by atoms with Crippen LogP contribution < -0.4 is 5.32 Å². The number of rotatable bonds is 6. The molecule has 0 saturated carbocycles. The minimum Gasteiger partial charge on any atom is -0.355 e. The van der Waals surface area contributed by atoms with Crippen molar-refractivity contribution < 1.29 is 14.3 Å². The Morgan fingerprint density at radius 2 is 2.41 bits per heavy atom. The molecule has 1 aliphatic rings. The van der Waals surface area contributed by atoms with Gasteiger partial charge in [0.25, 0.3) is 0 Å². The van der Waals surface area contributed by atoms with Crippen LogP contribution in [0.1, 0.15) is 26.7 Å². The molecule has 1 amide bonds. The van der Waals surface area contributed by atoms with Crippen LogP contribution in [0.15, 0.2) is 0 Å². The molecule has 0 aromatic heterocycles. The SMILES string of the molecule is CCCCNC(=O)[C@@H](C)N1CCO[C@@H](OC)C1. The topological polar surface area (TPSA) is 50.8 Å². The predicted octanol–water partition coefficient (Wildman–Crippen LogP) is 0.596. The molecule has 0 spiro atoms. The molecule has 0 aromatic rings. The summed E-state index contributed by atoms with van der Waals surface area (Å²) >= 11 is 0. The van der Waals surface area contributed by atoms with Crippen LogP contribution in [0.25, 0.3) is 0 Å². The van der Waals surface area contributed by atoms with Crippen LogP contribution in [-0.4, -0.2) is 56.5 Å². The zero-order chi connectivity index (χ0) is 12.7. The smallest absolute Gasteiger partial charge is 0.237 e. The van der Waals surface area contributed by atoms with Gasteiger partial charge < -0.3 is 14.8 Å². The molecule has 1 aliphatic heterocycles. The lowest BCUT2D eigenvalue weighted by Gasteiger charge is -2.35. The van der Waals surface area contributed by atoms with E-state index < -0.39 is 0 Å². The highest BCUT2D eigenvalue weighted by atomic mass is 16.7. The molecule has 0 unspecified atom stereocenters. The van der Waals surface area contributed by atoms with Gasteiger partial charge in [0.1, 0.15) is 0 Å². The molecule has 1 rings (SSSR count). The summed E-state index contributed by atoms with van der Waals surface area (Å²) < 4.78 is 10.5. The number of methoxy groups -OCH3 is 1. The average Bonchev–Trinajstić information content (AvgIpc) is 2.38. The average molecular weight is 244 g/mol. The number of unbranched alkanes of at least 4 members (excludes halogenated alkanes) is 1. The van der Waals surface area contributed by atoms with Gasteiger partial charge in [0.05, 0.1) is 19.2 Å². The Hall–Kier alpha value is -0.650. The molecule has 2 atom stereocenters. The van der Waals surface area contributed by atoms with Gasteiger partial charge in [-0.3, -0.25) is 9.69 Å². The lowest BCUT2D eigenvalue weighted by Crippen LogP contribution is -2.52. The quantitative estimate of drug-likeness (QED) is 0.695. The first-order valence-electron chi connectivity index (χ1n) is 6.35. The first-order chi connectivity index (χ1) is 8.19. The van der Waals surface area contributed by atoms with E-state index in [1.165, 1.54) is 0 Å². The van der Waals surface area contributed by atoms with E-state index in [1.54, 1.807) is 7.11 Å². The van der Waals surface area contributed by atoms with Crippen molar-refractivity contribution in [3.63, 3.8) is 0 Å². The Morgan fingerprint density at radius 1 is 1.65 bits per heavy atom. The molecular weight excluding hydrogens is 220 g/mol. The fraction of sp³-hybridized carbons (Fsp3) is 0.917. The van der Waals surface area contributed by atoms with E-state index in [-0.39, 0.29) is 18.2 Å². The molecule has 17 heavy (non-hydrogen) atoms. The number of hydrogen-bond donors (Lipinski definition) is 1. The number of nitrogens with one attached hydrogen (secondary N) is 1. The number of carbonyl (C=O) groups excluding carboxylic acids is 1. The van der Waals surface area contributed by atoms with E-state index in [9.17, 15) is 4.79 Å². The van der Waals surface area contributed by atoms with Crippen LogP contribution in [0.2, 0.25) is 0 Å². The Bertz CT molecular complexity index is 236. The molecule has 1 fully saturated rings. The third kappa shape index (κ3) is 4.61. The van der Waals surface area contributed by atoms with Crippen molar-refractivity contribution in [2.45, 2.75) is 39.0 Å². The van der Waals surface area contributed by atoms with Gasteiger partial charge in [0.2, 0.25) is 5.91 Å². The normalized spacial score (nSPS) is 23.4. The summed E-state index contributed by atoms with van der Waals surface area (Å²) in [4.78, 5) is 14.0. The van der Waals surface area contributed by atoms with Gasteiger partial charge in [-0.1, -0.05) is 13.3 Å². The molecule has 0 aromatic carbocycles. The van der Waals surface area contributed by atoms with Gasteiger partial charge >= 0.3 is 0 Å². The van der Waals surface area contributed by atoms with E-state index in [0.717, 1.165) is 25.9 Å². The maximum absolute atomic E-state index is 11.9. The van der Waals surface area contributed by atoms with E-state index in [0.29, 0.717) is 13.2 Å². The summed E-state index contributed by atoms with van der Waals surface area (Å²) in [6.45, 7) is 6.85. The second-order valence-corrected chi connectivity index (χ2v) is 4.35. The molecular formula is C12H24N2O3. The standard InChI is InChI=1S/C12H24N2O3/c1-4-5-6-13-12(15)10(2)14-7-8-17-11(9-14)16-3/h10-11H,4-9H2,1-3H3,(H,13,15)/t10-,11-/m1/s1. The second-order valence-electron chi connectivity index (χ2n) is 4.35. The molecule has 5 nitrogen and oxygen atoms in total. The van der Waals surface area contributed by atoms with Crippen molar-refractivity contribution in [2.75, 3.05) is 33.4 Å². The maximum Gasteiger partial charge on any atom is 0.237 e. The minimum absolute atomic E-state index is 0.0928. The van der Waals surface area contributed by atoms with E-state index in [2.05, 4.69) is 17.1 Å². The third-order valence-corrected chi connectivity index (χ3v) is 3.09. The number of ether oxygens (including phenoxy) is 2. The van der Waals surface area contributed by atoms with Crippen LogP contribution in [-0.2, 0) is 14.3 Å². The number of morpholine rings is 1. The lowest BCUT2D eigenvalue weighted by molar-refractivity contribution is -0.172. The largest absolute Gasteiger partial charge is 0.355 e. The highest BCUT2D eigenvalue weighted by Gasteiger charge is 2.27. The van der Waals surface area contributed by atoms with Crippen LogP contribution >= 0.6 is 0 Å². The summed E-state index contributed by atoms with van der Waals surface area (Å²) in [7, 11) is 1.63. The first-order valence-corrected chi connectivity index (χ1v) is 6.35. The summed E-state index contributed by atoms with van der Waals surface area (Å²) in [5.74, 6) is 0.0928. The third-order valence-electron chi connectivity index (χ3n) is 3.09. The summed E-state index contributed by atoms with van der Waals surface area (Å²) in [6, 6.07) is -0.117. The van der Waals surface area contributed by atoms with Crippen LogP contribution in [0.5, 0.6) is 0 Å². The van der Waals surface area contributed by atoms with Gasteiger partial charge in [-0.05, 0) is 13.3 Å². The Morgan fingerprint density at radius 3 is 3.06 bits per heavy atom. The maximum atomic E-state index is 11.9. The van der Waals surface area contributed by atoms with Crippen molar-refractivity contribution in [2.24, 2.45) is 0 Å². The van der Waals surface area contributed by atoms with Gasteiger partial charge in [-0.2, -0.15) is 0 Å². The number of hydrogen-bond acceptors (Lipinski definition) is 4. The second kappa shape index (κ2) is 7.63. The number of carbonyl (C=O) groups is 1.